The number of hydrazone groups is 1. The van der Waals surface area contributed by atoms with Crippen molar-refractivity contribution in [2.75, 3.05) is 11.9 Å². The molecule has 2 rings (SSSR count). The first kappa shape index (κ1) is 23.4. The fourth-order valence-corrected chi connectivity index (χ4v) is 2.90. The van der Waals surface area contributed by atoms with E-state index in [0.717, 1.165) is 18.2 Å². The van der Waals surface area contributed by atoms with Gasteiger partial charge in [-0.05, 0) is 65.4 Å². The summed E-state index contributed by atoms with van der Waals surface area (Å²) >= 11 is 1.91. The van der Waals surface area contributed by atoms with Gasteiger partial charge in [0.15, 0.2) is 11.5 Å². The van der Waals surface area contributed by atoms with Gasteiger partial charge in [0.05, 0.1) is 22.0 Å². The van der Waals surface area contributed by atoms with Gasteiger partial charge in [-0.15, -0.1) is 0 Å². The molecule has 0 atom stereocenters. The minimum atomic E-state index is -4.54. The maximum Gasteiger partial charge on any atom is 0.416 e. The fraction of sp³-hybridized carbons (Fsp3) is 0.211. The van der Waals surface area contributed by atoms with Crippen molar-refractivity contribution < 1.29 is 32.6 Å². The number of nitrogens with one attached hydrogen (secondary N) is 2. The molecule has 160 valence electrons. The van der Waals surface area contributed by atoms with E-state index < -0.39 is 30.0 Å². The van der Waals surface area contributed by atoms with Gasteiger partial charge in [-0.2, -0.15) is 18.3 Å². The van der Waals surface area contributed by atoms with Crippen molar-refractivity contribution in [1.29, 1.82) is 0 Å². The van der Waals surface area contributed by atoms with Crippen molar-refractivity contribution >= 4 is 46.3 Å². The van der Waals surface area contributed by atoms with E-state index in [2.05, 4.69) is 15.8 Å². The Morgan fingerprint density at radius 2 is 1.97 bits per heavy atom. The highest BCUT2D eigenvalue weighted by Gasteiger charge is 2.30. The molecule has 0 bridgehead atoms. The van der Waals surface area contributed by atoms with Crippen LogP contribution in [0.3, 0.4) is 0 Å². The molecule has 0 heterocycles. The number of hydrogen-bond acceptors (Lipinski definition) is 5. The molecule has 30 heavy (non-hydrogen) atoms. The number of rotatable bonds is 7. The minimum Gasteiger partial charge on any atom is -0.504 e. The van der Waals surface area contributed by atoms with Gasteiger partial charge in [-0.1, -0.05) is 6.07 Å². The van der Waals surface area contributed by atoms with Crippen molar-refractivity contribution in [2.45, 2.75) is 19.5 Å². The summed E-state index contributed by atoms with van der Waals surface area (Å²) in [7, 11) is 0. The Balaban J connectivity index is 1.92. The van der Waals surface area contributed by atoms with Crippen LogP contribution < -0.4 is 15.5 Å². The summed E-state index contributed by atoms with van der Waals surface area (Å²) in [5.74, 6) is -1.29. The molecule has 0 aromatic heterocycles. The standard InChI is InChI=1S/C19H17F3IN3O4/c1-2-30-15-7-11(6-14(23)18(15)29)10-24-26-17(28)9-16(27)25-13-5-3-4-12(8-13)19(20,21)22/h3-8,10,29H,2,9H2,1H3,(H,25,27)(H,26,28). The molecule has 2 amide bonds. The van der Waals surface area contributed by atoms with Crippen LogP contribution in [0.1, 0.15) is 24.5 Å². The van der Waals surface area contributed by atoms with Crippen molar-refractivity contribution in [2.24, 2.45) is 5.10 Å². The summed E-state index contributed by atoms with van der Waals surface area (Å²) in [6.07, 6.45) is -3.88. The van der Waals surface area contributed by atoms with Crippen LogP contribution in [0.5, 0.6) is 11.5 Å². The van der Waals surface area contributed by atoms with E-state index in [-0.39, 0.29) is 17.2 Å². The highest BCUT2D eigenvalue weighted by molar-refractivity contribution is 14.1. The number of nitrogens with zero attached hydrogens (tertiary/aromatic N) is 1. The molecular weight excluding hydrogens is 518 g/mol. The average Bonchev–Trinajstić information content (AvgIpc) is 2.65. The van der Waals surface area contributed by atoms with Crippen LogP contribution in [0, 0.1) is 3.57 Å². The number of alkyl halides is 3. The van der Waals surface area contributed by atoms with Gasteiger partial charge >= 0.3 is 6.18 Å². The lowest BCUT2D eigenvalue weighted by Gasteiger charge is -2.09. The van der Waals surface area contributed by atoms with E-state index in [1.807, 2.05) is 22.6 Å². The molecule has 0 aliphatic heterocycles. The second-order valence-electron chi connectivity index (χ2n) is 5.88. The fourth-order valence-electron chi connectivity index (χ4n) is 2.28. The summed E-state index contributed by atoms with van der Waals surface area (Å²) in [6, 6.07) is 7.21. The van der Waals surface area contributed by atoms with Gasteiger partial charge in [-0.25, -0.2) is 5.43 Å². The minimum absolute atomic E-state index is 0.00935. The van der Waals surface area contributed by atoms with Crippen molar-refractivity contribution in [1.82, 2.24) is 5.43 Å². The Hall–Kier alpha value is -2.83. The Kier molecular flexibility index (Phi) is 8.03. The molecule has 2 aromatic rings. The maximum atomic E-state index is 12.7. The number of carbonyl (C=O) groups is 2. The monoisotopic (exact) mass is 535 g/mol. The predicted molar refractivity (Wildman–Crippen MR) is 112 cm³/mol. The van der Waals surface area contributed by atoms with Gasteiger partial charge in [-0.3, -0.25) is 9.59 Å². The number of phenols is 1. The summed E-state index contributed by atoms with van der Waals surface area (Å²) in [5, 5.41) is 15.9. The summed E-state index contributed by atoms with van der Waals surface area (Å²) in [5.41, 5.74) is 1.70. The molecule has 7 nitrogen and oxygen atoms in total. The lowest BCUT2D eigenvalue weighted by Crippen LogP contribution is -2.24. The van der Waals surface area contributed by atoms with Crippen LogP contribution in [-0.4, -0.2) is 29.7 Å². The molecule has 2 aromatic carbocycles. The number of hydrogen-bond donors (Lipinski definition) is 3. The summed E-state index contributed by atoms with van der Waals surface area (Å²) in [6.45, 7) is 2.11. The van der Waals surface area contributed by atoms with E-state index in [1.54, 1.807) is 13.0 Å². The number of phenolic OH excluding ortho intramolecular Hbond substituents is 1. The van der Waals surface area contributed by atoms with Crippen LogP contribution in [0.2, 0.25) is 0 Å². The summed E-state index contributed by atoms with van der Waals surface area (Å²) in [4.78, 5) is 23.7. The molecule has 0 saturated heterocycles. The Labute approximate surface area is 183 Å². The molecular formula is C19H17F3IN3O4. The molecule has 3 N–H and O–H groups in total. The quantitative estimate of drug-likeness (QED) is 0.217. The molecule has 0 unspecified atom stereocenters. The molecule has 0 spiro atoms. The number of anilines is 1. The van der Waals surface area contributed by atoms with E-state index >= 15 is 0 Å². The predicted octanol–water partition coefficient (Wildman–Crippen LogP) is 3.89. The Bertz CT molecular complexity index is 965. The molecule has 0 radical (unpaired) electrons. The van der Waals surface area contributed by atoms with Crippen molar-refractivity contribution in [3.05, 3.63) is 51.1 Å². The van der Waals surface area contributed by atoms with E-state index in [1.165, 1.54) is 18.3 Å². The highest BCUT2D eigenvalue weighted by atomic mass is 127. The lowest BCUT2D eigenvalue weighted by atomic mass is 10.2. The van der Waals surface area contributed by atoms with Crippen LogP contribution in [0.15, 0.2) is 41.5 Å². The Morgan fingerprint density at radius 1 is 1.23 bits per heavy atom. The largest absolute Gasteiger partial charge is 0.504 e. The maximum absolute atomic E-state index is 12.7. The third-order valence-corrected chi connectivity index (χ3v) is 4.37. The number of carbonyl (C=O) groups excluding carboxylic acids is 2. The molecule has 0 fully saturated rings. The summed E-state index contributed by atoms with van der Waals surface area (Å²) < 4.78 is 43.9. The number of amides is 2. The number of halogens is 4. The molecule has 0 aliphatic rings. The van der Waals surface area contributed by atoms with Crippen LogP contribution in [0.25, 0.3) is 0 Å². The lowest BCUT2D eigenvalue weighted by molar-refractivity contribution is -0.137. The van der Waals surface area contributed by atoms with Crippen molar-refractivity contribution in [3.63, 3.8) is 0 Å². The van der Waals surface area contributed by atoms with E-state index in [9.17, 15) is 27.9 Å². The normalized spacial score (nSPS) is 11.4. The van der Waals surface area contributed by atoms with Crippen LogP contribution >= 0.6 is 22.6 Å². The first-order valence-corrected chi connectivity index (χ1v) is 9.62. The van der Waals surface area contributed by atoms with Gasteiger partial charge in [0.25, 0.3) is 0 Å². The van der Waals surface area contributed by atoms with Gasteiger partial charge < -0.3 is 15.2 Å². The first-order chi connectivity index (χ1) is 14.1. The average molecular weight is 535 g/mol. The molecule has 11 heteroatoms. The topological polar surface area (TPSA) is 100 Å². The zero-order chi connectivity index (χ0) is 22.3. The van der Waals surface area contributed by atoms with Crippen molar-refractivity contribution in [3.8, 4) is 11.5 Å². The highest BCUT2D eigenvalue weighted by Crippen LogP contribution is 2.32. The number of benzene rings is 2. The van der Waals surface area contributed by atoms with Gasteiger partial charge in [0, 0.05) is 5.69 Å². The van der Waals surface area contributed by atoms with Gasteiger partial charge in [0.2, 0.25) is 11.8 Å². The van der Waals surface area contributed by atoms with Gasteiger partial charge in [0.1, 0.15) is 6.42 Å². The van der Waals surface area contributed by atoms with Crippen LogP contribution in [0.4, 0.5) is 18.9 Å². The second-order valence-corrected chi connectivity index (χ2v) is 7.04. The third kappa shape index (κ3) is 6.90. The second kappa shape index (κ2) is 10.3. The van der Waals surface area contributed by atoms with E-state index in [0.29, 0.717) is 15.7 Å². The first-order valence-electron chi connectivity index (χ1n) is 8.54. The molecule has 0 aliphatic carbocycles. The van der Waals surface area contributed by atoms with E-state index in [4.69, 9.17) is 4.74 Å². The van der Waals surface area contributed by atoms with Crippen LogP contribution in [-0.2, 0) is 15.8 Å². The third-order valence-electron chi connectivity index (χ3n) is 3.55. The number of aromatic hydroxyl groups is 1. The molecule has 0 saturated carbocycles. The zero-order valence-corrected chi connectivity index (χ0v) is 17.7. The zero-order valence-electron chi connectivity index (χ0n) is 15.6. The Morgan fingerprint density at radius 3 is 2.63 bits per heavy atom. The SMILES string of the molecule is CCOc1cc(C=NNC(=O)CC(=O)Nc2cccc(C(F)(F)F)c2)cc(I)c1O. The smallest absolute Gasteiger partial charge is 0.416 e. The number of ether oxygens (including phenoxy) is 1.